The van der Waals surface area contributed by atoms with Crippen LogP contribution in [0.1, 0.15) is 54.2 Å². The molecule has 11 heteroatoms. The van der Waals surface area contributed by atoms with E-state index in [4.69, 9.17) is 4.52 Å². The van der Waals surface area contributed by atoms with Crippen molar-refractivity contribution in [1.82, 2.24) is 24.8 Å². The van der Waals surface area contributed by atoms with E-state index >= 15 is 0 Å². The van der Waals surface area contributed by atoms with Crippen LogP contribution >= 0.6 is 12.4 Å². The molecule has 0 N–H and O–H groups in total. The standard InChI is InChI=1S/C23H29F2N5O3.ClH/c24-17-6-5-7-18(25)22(17)23(32)30-14-12-28(13-15-30)16-19-26-20(33-27-19)8-9-21(31)29-10-3-1-2-4-11-29;/h5-7H,1-4,8-16H2;1H. The third-order valence-electron chi connectivity index (χ3n) is 6.22. The van der Waals surface area contributed by atoms with Crippen LogP contribution in [0, 0.1) is 11.6 Å². The van der Waals surface area contributed by atoms with E-state index in [-0.39, 0.29) is 18.3 Å². The second-order valence-corrected chi connectivity index (χ2v) is 8.56. The first-order chi connectivity index (χ1) is 16.0. The highest BCUT2D eigenvalue weighted by Gasteiger charge is 2.27. The fourth-order valence-electron chi connectivity index (χ4n) is 4.32. The van der Waals surface area contributed by atoms with E-state index in [0.29, 0.717) is 57.3 Å². The molecule has 2 amide bonds. The number of benzene rings is 1. The van der Waals surface area contributed by atoms with Crippen molar-refractivity contribution in [3.63, 3.8) is 0 Å². The molecule has 8 nitrogen and oxygen atoms in total. The number of nitrogens with zero attached hydrogens (tertiary/aromatic N) is 5. The zero-order chi connectivity index (χ0) is 23.2. The number of halogens is 3. The molecular formula is C23H30ClF2N5O3. The van der Waals surface area contributed by atoms with Gasteiger partial charge in [0.2, 0.25) is 11.8 Å². The molecule has 2 aliphatic heterocycles. The first-order valence-electron chi connectivity index (χ1n) is 11.6. The molecule has 0 radical (unpaired) electrons. The number of aromatic nitrogens is 2. The van der Waals surface area contributed by atoms with Crippen LogP contribution in [0.25, 0.3) is 0 Å². The molecule has 1 aromatic heterocycles. The van der Waals surface area contributed by atoms with Gasteiger partial charge in [-0.25, -0.2) is 8.78 Å². The Hall–Kier alpha value is -2.59. The van der Waals surface area contributed by atoms with Gasteiger partial charge in [-0.1, -0.05) is 24.1 Å². The van der Waals surface area contributed by atoms with E-state index in [1.807, 2.05) is 4.90 Å². The lowest BCUT2D eigenvalue weighted by Crippen LogP contribution is -2.48. The van der Waals surface area contributed by atoms with Crippen LogP contribution in [0.5, 0.6) is 0 Å². The Morgan fingerprint density at radius 2 is 1.56 bits per heavy atom. The van der Waals surface area contributed by atoms with Gasteiger partial charge < -0.3 is 14.3 Å². The third-order valence-corrected chi connectivity index (χ3v) is 6.22. The normalized spacial score (nSPS) is 17.2. The highest BCUT2D eigenvalue weighted by molar-refractivity contribution is 5.94. The van der Waals surface area contributed by atoms with Crippen molar-refractivity contribution < 1.29 is 22.9 Å². The van der Waals surface area contributed by atoms with E-state index < -0.39 is 23.1 Å². The van der Waals surface area contributed by atoms with Crippen molar-refractivity contribution in [2.45, 2.75) is 45.1 Å². The minimum atomic E-state index is -0.851. The molecule has 186 valence electrons. The molecule has 2 saturated heterocycles. The lowest BCUT2D eigenvalue weighted by atomic mass is 10.1. The van der Waals surface area contributed by atoms with E-state index in [0.717, 1.165) is 38.1 Å². The Bertz CT molecular complexity index is 953. The van der Waals surface area contributed by atoms with Gasteiger partial charge in [0.15, 0.2) is 5.82 Å². The second-order valence-electron chi connectivity index (χ2n) is 8.56. The van der Waals surface area contributed by atoms with Gasteiger partial charge in [-0.2, -0.15) is 4.98 Å². The van der Waals surface area contributed by atoms with E-state index in [1.165, 1.54) is 23.8 Å². The van der Waals surface area contributed by atoms with Gasteiger partial charge in [0, 0.05) is 52.1 Å². The van der Waals surface area contributed by atoms with Crippen molar-refractivity contribution >= 4 is 24.2 Å². The number of rotatable bonds is 6. The summed E-state index contributed by atoms with van der Waals surface area (Å²) in [5, 5.41) is 4.01. The first-order valence-corrected chi connectivity index (χ1v) is 11.6. The quantitative estimate of drug-likeness (QED) is 0.610. The fourth-order valence-corrected chi connectivity index (χ4v) is 4.32. The molecule has 0 aliphatic carbocycles. The summed E-state index contributed by atoms with van der Waals surface area (Å²) in [6.07, 6.45) is 5.25. The molecule has 2 aliphatic rings. The monoisotopic (exact) mass is 497 g/mol. The lowest BCUT2D eigenvalue weighted by Gasteiger charge is -2.34. The number of amides is 2. The van der Waals surface area contributed by atoms with Gasteiger partial charge in [0.25, 0.3) is 5.91 Å². The molecule has 2 fully saturated rings. The van der Waals surface area contributed by atoms with Crippen molar-refractivity contribution in [1.29, 1.82) is 0 Å². The van der Waals surface area contributed by atoms with Crippen LogP contribution in [0.2, 0.25) is 0 Å². The zero-order valence-electron chi connectivity index (χ0n) is 19.0. The van der Waals surface area contributed by atoms with Gasteiger partial charge in [-0.3, -0.25) is 14.5 Å². The number of hydrogen-bond acceptors (Lipinski definition) is 6. The van der Waals surface area contributed by atoms with Crippen LogP contribution < -0.4 is 0 Å². The van der Waals surface area contributed by atoms with Crippen LogP contribution in [0.3, 0.4) is 0 Å². The molecule has 0 atom stereocenters. The van der Waals surface area contributed by atoms with Crippen LogP contribution in [-0.2, 0) is 17.8 Å². The smallest absolute Gasteiger partial charge is 0.259 e. The Balaban J connectivity index is 0.00000324. The zero-order valence-corrected chi connectivity index (χ0v) is 19.9. The minimum Gasteiger partial charge on any atom is -0.343 e. The Morgan fingerprint density at radius 1 is 0.912 bits per heavy atom. The topological polar surface area (TPSA) is 82.8 Å². The number of carbonyl (C=O) groups is 2. The van der Waals surface area contributed by atoms with E-state index in [2.05, 4.69) is 15.0 Å². The maximum Gasteiger partial charge on any atom is 0.259 e. The summed E-state index contributed by atoms with van der Waals surface area (Å²) < 4.78 is 33.1. The molecule has 0 unspecified atom stereocenters. The molecule has 0 saturated carbocycles. The molecule has 0 bridgehead atoms. The average molecular weight is 498 g/mol. The van der Waals surface area contributed by atoms with Gasteiger partial charge >= 0.3 is 0 Å². The van der Waals surface area contributed by atoms with Crippen molar-refractivity contribution in [2.75, 3.05) is 39.3 Å². The number of aryl methyl sites for hydroxylation is 1. The predicted octanol–water partition coefficient (Wildman–Crippen LogP) is 3.06. The summed E-state index contributed by atoms with van der Waals surface area (Å²) in [4.78, 5) is 34.8. The molecule has 34 heavy (non-hydrogen) atoms. The molecule has 4 rings (SSSR count). The highest BCUT2D eigenvalue weighted by atomic mass is 35.5. The molecular weight excluding hydrogens is 468 g/mol. The first kappa shape index (κ1) is 26.0. The minimum absolute atomic E-state index is 0. The summed E-state index contributed by atoms with van der Waals surface area (Å²) in [5.41, 5.74) is -0.511. The Labute approximate surface area is 203 Å². The molecule has 3 heterocycles. The largest absolute Gasteiger partial charge is 0.343 e. The summed E-state index contributed by atoms with van der Waals surface area (Å²) >= 11 is 0. The summed E-state index contributed by atoms with van der Waals surface area (Å²) in [5.74, 6) is -1.25. The van der Waals surface area contributed by atoms with Gasteiger partial charge in [0.1, 0.15) is 17.2 Å². The van der Waals surface area contributed by atoms with Crippen molar-refractivity contribution in [2.24, 2.45) is 0 Å². The lowest BCUT2D eigenvalue weighted by molar-refractivity contribution is -0.131. The van der Waals surface area contributed by atoms with Crippen LogP contribution in [0.15, 0.2) is 22.7 Å². The maximum absolute atomic E-state index is 13.9. The van der Waals surface area contributed by atoms with Crippen LogP contribution in [0.4, 0.5) is 8.78 Å². The second kappa shape index (κ2) is 12.2. The van der Waals surface area contributed by atoms with Crippen LogP contribution in [-0.4, -0.2) is 75.9 Å². The number of carbonyl (C=O) groups excluding carboxylic acids is 2. The van der Waals surface area contributed by atoms with Gasteiger partial charge in [0.05, 0.1) is 6.54 Å². The predicted molar refractivity (Wildman–Crippen MR) is 122 cm³/mol. The maximum atomic E-state index is 13.9. The summed E-state index contributed by atoms with van der Waals surface area (Å²) in [7, 11) is 0. The molecule has 2 aromatic rings. The average Bonchev–Trinajstić information content (AvgIpc) is 3.07. The molecule has 0 spiro atoms. The highest BCUT2D eigenvalue weighted by Crippen LogP contribution is 2.17. The fraction of sp³-hybridized carbons (Fsp3) is 0.565. The Kier molecular flexibility index (Phi) is 9.35. The number of hydrogen-bond donors (Lipinski definition) is 0. The van der Waals surface area contributed by atoms with Crippen molar-refractivity contribution in [3.05, 3.63) is 47.1 Å². The van der Waals surface area contributed by atoms with E-state index in [1.54, 1.807) is 0 Å². The molecule has 1 aromatic carbocycles. The third kappa shape index (κ3) is 6.50. The summed E-state index contributed by atoms with van der Waals surface area (Å²) in [6.45, 7) is 3.85. The van der Waals surface area contributed by atoms with Gasteiger partial charge in [-0.05, 0) is 25.0 Å². The van der Waals surface area contributed by atoms with E-state index in [9.17, 15) is 18.4 Å². The van der Waals surface area contributed by atoms with Gasteiger partial charge in [-0.15, -0.1) is 12.4 Å². The number of likely N-dealkylation sites (tertiary alicyclic amines) is 1. The van der Waals surface area contributed by atoms with Crippen molar-refractivity contribution in [3.8, 4) is 0 Å². The summed E-state index contributed by atoms with van der Waals surface area (Å²) in [6, 6.07) is 3.41. The SMILES string of the molecule is Cl.O=C(CCc1nc(CN2CCN(C(=O)c3c(F)cccc3F)CC2)no1)N1CCCCCC1. The Morgan fingerprint density at radius 3 is 2.21 bits per heavy atom. The number of piperazine rings is 1.